The number of nitrogens with two attached hydrogens (primary N) is 1. The molecule has 0 fully saturated rings. The maximum absolute atomic E-state index is 12.7. The number of carbonyl (C=O) groups is 1. The maximum Gasteiger partial charge on any atom is 0.261 e. The normalized spacial score (nSPS) is 12.8. The summed E-state index contributed by atoms with van der Waals surface area (Å²) in [5, 5.41) is 11.8. The molecule has 10 heteroatoms. The molecule has 0 saturated carbocycles. The van der Waals surface area contributed by atoms with Gasteiger partial charge in [-0.05, 0) is 49.2 Å². The van der Waals surface area contributed by atoms with Crippen molar-refractivity contribution in [2.75, 3.05) is 4.72 Å². The van der Waals surface area contributed by atoms with E-state index in [4.69, 9.17) is 5.73 Å². The van der Waals surface area contributed by atoms with Crippen LogP contribution in [0.2, 0.25) is 0 Å². The Kier molecular flexibility index (Phi) is 4.78. The smallest absolute Gasteiger partial charge is 0.261 e. The Hall–Kier alpha value is -3.92. The first kappa shape index (κ1) is 20.0. The topological polar surface area (TPSA) is 136 Å². The van der Waals surface area contributed by atoms with E-state index in [1.807, 2.05) is 6.07 Å². The summed E-state index contributed by atoms with van der Waals surface area (Å²) in [7, 11) is -3.74. The zero-order valence-corrected chi connectivity index (χ0v) is 17.8. The van der Waals surface area contributed by atoms with Gasteiger partial charge in [-0.25, -0.2) is 13.1 Å². The minimum absolute atomic E-state index is 0.0377. The maximum atomic E-state index is 12.7. The first-order valence-electron chi connectivity index (χ1n) is 10.0. The van der Waals surface area contributed by atoms with Crippen molar-refractivity contribution < 1.29 is 13.2 Å². The lowest BCUT2D eigenvalue weighted by Gasteiger charge is -2.15. The van der Waals surface area contributed by atoms with Gasteiger partial charge in [0.25, 0.3) is 10.0 Å². The van der Waals surface area contributed by atoms with Gasteiger partial charge in [-0.2, -0.15) is 10.2 Å². The Morgan fingerprint density at radius 1 is 1.09 bits per heavy atom. The second kappa shape index (κ2) is 7.65. The van der Waals surface area contributed by atoms with Crippen molar-refractivity contribution in [3.05, 3.63) is 77.7 Å². The van der Waals surface area contributed by atoms with E-state index in [0.717, 1.165) is 28.9 Å². The second-order valence-corrected chi connectivity index (χ2v) is 9.24. The van der Waals surface area contributed by atoms with Gasteiger partial charge in [-0.1, -0.05) is 18.2 Å². The van der Waals surface area contributed by atoms with Crippen LogP contribution in [0.4, 0.5) is 5.69 Å². The molecule has 2 heterocycles. The Labute approximate surface area is 184 Å². The van der Waals surface area contributed by atoms with Crippen LogP contribution in [0.3, 0.4) is 0 Å². The summed E-state index contributed by atoms with van der Waals surface area (Å²) in [5.41, 5.74) is 10.9. The standard InChI is InChI=1S/C22H20N6O3S/c23-21(29)12-20-17-10-11-19-18(13-24-25-19)22(17)28(26-20)15-6-8-16(9-7-15)32(30,31)27-14-4-2-1-3-5-14/h1-9,13,27H,10-12H2,(H2,23,29)(H,24,25). The lowest BCUT2D eigenvalue weighted by atomic mass is 9.93. The number of amides is 1. The SMILES string of the molecule is NC(=O)Cc1nn(-c2ccc(S(=O)(=O)Nc3ccccc3)cc2)c2c1CCc1[nH]ncc1-2. The van der Waals surface area contributed by atoms with Crippen LogP contribution >= 0.6 is 0 Å². The van der Waals surface area contributed by atoms with Gasteiger partial charge in [0.15, 0.2) is 0 Å². The van der Waals surface area contributed by atoms with Gasteiger partial charge in [0, 0.05) is 22.5 Å². The largest absolute Gasteiger partial charge is 0.369 e. The number of hydrogen-bond donors (Lipinski definition) is 3. The summed E-state index contributed by atoms with van der Waals surface area (Å²) in [4.78, 5) is 11.7. The summed E-state index contributed by atoms with van der Waals surface area (Å²) in [6.45, 7) is 0. The van der Waals surface area contributed by atoms with Gasteiger partial charge in [0.2, 0.25) is 5.91 Å². The van der Waals surface area contributed by atoms with Crippen LogP contribution in [0.15, 0.2) is 65.7 Å². The second-order valence-electron chi connectivity index (χ2n) is 7.56. The number of fused-ring (bicyclic) bond motifs is 3. The molecule has 1 aliphatic carbocycles. The minimum Gasteiger partial charge on any atom is -0.369 e. The molecular weight excluding hydrogens is 428 g/mol. The average molecular weight is 449 g/mol. The van der Waals surface area contributed by atoms with E-state index in [2.05, 4.69) is 20.0 Å². The van der Waals surface area contributed by atoms with Gasteiger partial charge in [0.05, 0.1) is 34.6 Å². The number of nitrogens with zero attached hydrogens (tertiary/aromatic N) is 3. The third-order valence-electron chi connectivity index (χ3n) is 5.42. The van der Waals surface area contributed by atoms with Crippen LogP contribution in [-0.2, 0) is 34.1 Å². The number of H-pyrrole nitrogens is 1. The predicted octanol–water partition coefficient (Wildman–Crippen LogP) is 2.19. The number of benzene rings is 2. The minimum atomic E-state index is -3.74. The summed E-state index contributed by atoms with van der Waals surface area (Å²) in [5.74, 6) is -0.455. The molecule has 0 saturated heterocycles. The summed E-state index contributed by atoms with van der Waals surface area (Å²) < 4.78 is 29.8. The van der Waals surface area contributed by atoms with Crippen LogP contribution < -0.4 is 10.5 Å². The fraction of sp³-hybridized carbons (Fsp3) is 0.136. The fourth-order valence-corrected chi connectivity index (χ4v) is 5.03. The zero-order chi connectivity index (χ0) is 22.3. The van der Waals surface area contributed by atoms with Crippen molar-refractivity contribution in [1.82, 2.24) is 20.0 Å². The van der Waals surface area contributed by atoms with E-state index in [1.165, 1.54) is 12.1 Å². The van der Waals surface area contributed by atoms with Crippen molar-refractivity contribution in [3.8, 4) is 16.9 Å². The molecule has 5 rings (SSSR count). The van der Waals surface area contributed by atoms with E-state index in [0.29, 0.717) is 23.5 Å². The predicted molar refractivity (Wildman–Crippen MR) is 119 cm³/mol. The number of nitrogens with one attached hydrogen (secondary N) is 2. The number of aromatic amines is 1. The lowest BCUT2D eigenvalue weighted by molar-refractivity contribution is -0.117. The van der Waals surface area contributed by atoms with E-state index in [-0.39, 0.29) is 11.3 Å². The Morgan fingerprint density at radius 3 is 2.56 bits per heavy atom. The number of hydrogen-bond acceptors (Lipinski definition) is 5. The fourth-order valence-electron chi connectivity index (χ4n) is 3.97. The Morgan fingerprint density at radius 2 is 1.84 bits per heavy atom. The van der Waals surface area contributed by atoms with E-state index >= 15 is 0 Å². The summed E-state index contributed by atoms with van der Waals surface area (Å²) in [6.07, 6.45) is 3.25. The molecule has 4 N–H and O–H groups in total. The molecule has 0 unspecified atom stereocenters. The van der Waals surface area contributed by atoms with E-state index in [1.54, 1.807) is 47.3 Å². The van der Waals surface area contributed by atoms with Crippen molar-refractivity contribution in [3.63, 3.8) is 0 Å². The molecule has 2 aromatic carbocycles. The number of rotatable bonds is 6. The Bertz CT molecular complexity index is 1410. The monoisotopic (exact) mass is 448 g/mol. The molecule has 162 valence electrons. The highest BCUT2D eigenvalue weighted by atomic mass is 32.2. The highest BCUT2D eigenvalue weighted by Gasteiger charge is 2.28. The molecule has 9 nitrogen and oxygen atoms in total. The third-order valence-corrected chi connectivity index (χ3v) is 6.82. The van der Waals surface area contributed by atoms with Crippen molar-refractivity contribution in [1.29, 1.82) is 0 Å². The molecule has 4 aromatic rings. The number of para-hydroxylation sites is 1. The number of carbonyl (C=O) groups excluding carboxylic acids is 1. The van der Waals surface area contributed by atoms with Crippen LogP contribution in [0.25, 0.3) is 16.9 Å². The number of sulfonamides is 1. The van der Waals surface area contributed by atoms with Gasteiger partial charge in [-0.15, -0.1) is 0 Å². The first-order chi connectivity index (χ1) is 15.4. The molecule has 0 atom stereocenters. The average Bonchev–Trinajstić information content (AvgIpc) is 3.38. The summed E-state index contributed by atoms with van der Waals surface area (Å²) in [6, 6.07) is 15.1. The molecule has 0 bridgehead atoms. The number of aromatic nitrogens is 4. The van der Waals surface area contributed by atoms with Gasteiger partial charge >= 0.3 is 0 Å². The molecule has 2 aromatic heterocycles. The van der Waals surface area contributed by atoms with Crippen molar-refractivity contribution in [2.45, 2.75) is 24.2 Å². The molecule has 1 amide bonds. The quantitative estimate of drug-likeness (QED) is 0.415. The van der Waals surface area contributed by atoms with Crippen molar-refractivity contribution >= 4 is 21.6 Å². The molecule has 32 heavy (non-hydrogen) atoms. The molecular formula is C22H20N6O3S. The highest BCUT2D eigenvalue weighted by molar-refractivity contribution is 7.92. The molecule has 0 aliphatic heterocycles. The van der Waals surface area contributed by atoms with Gasteiger partial charge in [-0.3, -0.25) is 14.6 Å². The molecule has 0 radical (unpaired) electrons. The third kappa shape index (κ3) is 3.54. The van der Waals surface area contributed by atoms with Crippen LogP contribution in [0.1, 0.15) is 17.0 Å². The van der Waals surface area contributed by atoms with Gasteiger partial charge < -0.3 is 5.73 Å². The van der Waals surface area contributed by atoms with Crippen LogP contribution in [0.5, 0.6) is 0 Å². The highest BCUT2D eigenvalue weighted by Crippen LogP contribution is 2.36. The Balaban J connectivity index is 1.54. The zero-order valence-electron chi connectivity index (χ0n) is 16.9. The first-order valence-corrected chi connectivity index (χ1v) is 11.5. The summed E-state index contributed by atoms with van der Waals surface area (Å²) >= 11 is 0. The van der Waals surface area contributed by atoms with Crippen LogP contribution in [0, 0.1) is 0 Å². The number of primary amides is 1. The van der Waals surface area contributed by atoms with Crippen LogP contribution in [-0.4, -0.2) is 34.3 Å². The van der Waals surface area contributed by atoms with Crippen molar-refractivity contribution in [2.24, 2.45) is 5.73 Å². The van der Waals surface area contributed by atoms with E-state index in [9.17, 15) is 13.2 Å². The van der Waals surface area contributed by atoms with E-state index < -0.39 is 15.9 Å². The van der Waals surface area contributed by atoms with Gasteiger partial charge in [0.1, 0.15) is 0 Å². The molecule has 0 spiro atoms. The lowest BCUT2D eigenvalue weighted by Crippen LogP contribution is -2.15. The number of anilines is 1. The molecule has 1 aliphatic rings. The number of aryl methyl sites for hydroxylation is 1.